The molecule has 0 saturated carbocycles. The summed E-state index contributed by atoms with van der Waals surface area (Å²) in [6, 6.07) is 21.2. The van der Waals surface area contributed by atoms with Gasteiger partial charge in [0.15, 0.2) is 0 Å². The predicted octanol–water partition coefficient (Wildman–Crippen LogP) is 3.38. The molecule has 0 fully saturated rings. The number of benzene rings is 1. The van der Waals surface area contributed by atoms with Gasteiger partial charge in [-0.2, -0.15) is 0 Å². The van der Waals surface area contributed by atoms with Gasteiger partial charge in [0.25, 0.3) is 0 Å². The number of nitrogens with zero attached hydrogens (tertiary/aromatic N) is 3. The van der Waals surface area contributed by atoms with Crippen LogP contribution < -0.4 is 0 Å². The number of aliphatic hydroxyl groups excluding tert-OH is 1. The van der Waals surface area contributed by atoms with E-state index in [4.69, 9.17) is 9.47 Å². The zero-order chi connectivity index (χ0) is 23.1. The molecule has 33 heavy (non-hydrogen) atoms. The molecule has 0 bridgehead atoms. The Morgan fingerprint density at radius 1 is 0.909 bits per heavy atom. The normalized spacial score (nSPS) is 11.9. The first-order valence-corrected chi connectivity index (χ1v) is 11.2. The highest BCUT2D eigenvalue weighted by molar-refractivity contribution is 5.69. The zero-order valence-electron chi connectivity index (χ0n) is 18.8. The molecule has 7 heteroatoms. The van der Waals surface area contributed by atoms with Crippen LogP contribution in [-0.4, -0.2) is 51.8 Å². The number of hydrogen-bond donors (Lipinski definition) is 1. The number of ether oxygens (including phenoxy) is 2. The minimum atomic E-state index is -0.664. The molecule has 1 N–H and O–H groups in total. The first-order valence-electron chi connectivity index (χ1n) is 11.2. The summed E-state index contributed by atoms with van der Waals surface area (Å²) in [4.78, 5) is 22.7. The lowest BCUT2D eigenvalue weighted by Gasteiger charge is -2.24. The fourth-order valence-corrected chi connectivity index (χ4v) is 3.33. The molecule has 1 aromatic carbocycles. The van der Waals surface area contributed by atoms with Gasteiger partial charge in [-0.25, -0.2) is 0 Å². The van der Waals surface area contributed by atoms with Crippen molar-refractivity contribution in [1.82, 2.24) is 14.9 Å². The van der Waals surface area contributed by atoms with Crippen molar-refractivity contribution in [2.75, 3.05) is 19.8 Å². The van der Waals surface area contributed by atoms with Crippen molar-refractivity contribution in [2.24, 2.45) is 0 Å². The second kappa shape index (κ2) is 14.1. The zero-order valence-corrected chi connectivity index (χ0v) is 18.8. The van der Waals surface area contributed by atoms with Gasteiger partial charge < -0.3 is 14.6 Å². The van der Waals surface area contributed by atoms with Gasteiger partial charge in [-0.3, -0.25) is 19.7 Å². The molecule has 0 radical (unpaired) electrons. The molecule has 0 amide bonds. The predicted molar refractivity (Wildman–Crippen MR) is 125 cm³/mol. The van der Waals surface area contributed by atoms with E-state index in [0.29, 0.717) is 32.7 Å². The minimum Gasteiger partial charge on any atom is -0.461 e. The van der Waals surface area contributed by atoms with E-state index < -0.39 is 6.10 Å². The molecule has 0 aliphatic heterocycles. The second-order valence-corrected chi connectivity index (χ2v) is 7.79. The number of carbonyl (C=O) groups is 1. The first-order chi connectivity index (χ1) is 16.2. The molecule has 0 saturated heterocycles. The quantitative estimate of drug-likeness (QED) is 0.298. The van der Waals surface area contributed by atoms with Gasteiger partial charge in [0.2, 0.25) is 0 Å². The SMILES string of the molecule is O=C(CCCOCC(O)CN(Cc1ccccn1)Cc1ccccn1)OCc1ccccc1. The molecule has 1 atom stereocenters. The van der Waals surface area contributed by atoms with Crippen LogP contribution in [-0.2, 0) is 34.0 Å². The summed E-state index contributed by atoms with van der Waals surface area (Å²) in [5.74, 6) is -0.250. The molecule has 0 spiro atoms. The van der Waals surface area contributed by atoms with Crippen LogP contribution >= 0.6 is 0 Å². The number of hydrogen-bond acceptors (Lipinski definition) is 7. The van der Waals surface area contributed by atoms with Crippen LogP contribution in [0, 0.1) is 0 Å². The third-order valence-corrected chi connectivity index (χ3v) is 4.91. The number of pyridine rings is 2. The molecule has 0 aliphatic carbocycles. The Morgan fingerprint density at radius 3 is 2.15 bits per heavy atom. The fourth-order valence-electron chi connectivity index (χ4n) is 3.33. The van der Waals surface area contributed by atoms with Gasteiger partial charge in [0, 0.05) is 45.1 Å². The Kier molecular flexibility index (Phi) is 10.5. The Morgan fingerprint density at radius 2 is 1.55 bits per heavy atom. The molecule has 7 nitrogen and oxygen atoms in total. The highest BCUT2D eigenvalue weighted by Gasteiger charge is 2.14. The smallest absolute Gasteiger partial charge is 0.306 e. The van der Waals surface area contributed by atoms with Crippen LogP contribution in [0.1, 0.15) is 29.8 Å². The van der Waals surface area contributed by atoms with Crippen LogP contribution in [0.25, 0.3) is 0 Å². The fraction of sp³-hybridized carbons (Fsp3) is 0.346. The average molecular weight is 450 g/mol. The standard InChI is InChI=1S/C26H31N3O4/c30-25(21-32-16-8-13-26(31)33-20-22-9-2-1-3-10-22)19-29(17-23-11-4-6-14-27-23)18-24-12-5-7-15-28-24/h1-7,9-12,14-15,25,30H,8,13,16-21H2. The van der Waals surface area contributed by atoms with Crippen molar-refractivity contribution in [3.63, 3.8) is 0 Å². The van der Waals surface area contributed by atoms with Gasteiger partial charge in [0.05, 0.1) is 24.1 Å². The number of esters is 1. The van der Waals surface area contributed by atoms with Crippen molar-refractivity contribution < 1.29 is 19.4 Å². The molecule has 2 heterocycles. The average Bonchev–Trinajstić information content (AvgIpc) is 2.84. The van der Waals surface area contributed by atoms with E-state index in [0.717, 1.165) is 17.0 Å². The third-order valence-electron chi connectivity index (χ3n) is 4.91. The van der Waals surface area contributed by atoms with Crippen molar-refractivity contribution in [3.8, 4) is 0 Å². The van der Waals surface area contributed by atoms with E-state index in [1.807, 2.05) is 66.7 Å². The van der Waals surface area contributed by atoms with Crippen LogP contribution in [0.4, 0.5) is 0 Å². The number of aromatic nitrogens is 2. The summed E-state index contributed by atoms with van der Waals surface area (Å²) in [5.41, 5.74) is 2.82. The summed E-state index contributed by atoms with van der Waals surface area (Å²) < 4.78 is 10.9. The van der Waals surface area contributed by atoms with Gasteiger partial charge in [-0.05, 0) is 36.2 Å². The largest absolute Gasteiger partial charge is 0.461 e. The number of aliphatic hydroxyl groups is 1. The van der Waals surface area contributed by atoms with Crippen LogP contribution in [0.2, 0.25) is 0 Å². The number of rotatable bonds is 14. The van der Waals surface area contributed by atoms with Gasteiger partial charge in [-0.1, -0.05) is 42.5 Å². The van der Waals surface area contributed by atoms with E-state index in [9.17, 15) is 9.90 Å². The van der Waals surface area contributed by atoms with Crippen molar-refractivity contribution in [2.45, 2.75) is 38.6 Å². The molecule has 0 aliphatic rings. The second-order valence-electron chi connectivity index (χ2n) is 7.79. The summed E-state index contributed by atoms with van der Waals surface area (Å²) in [5, 5.41) is 10.5. The lowest BCUT2D eigenvalue weighted by Crippen LogP contribution is -2.34. The molecular weight excluding hydrogens is 418 g/mol. The monoisotopic (exact) mass is 449 g/mol. The lowest BCUT2D eigenvalue weighted by molar-refractivity contribution is -0.145. The Bertz CT molecular complexity index is 885. The molecule has 2 aromatic heterocycles. The Hall–Kier alpha value is -3.13. The summed E-state index contributed by atoms with van der Waals surface area (Å²) in [6.07, 6.45) is 3.69. The highest BCUT2D eigenvalue weighted by Crippen LogP contribution is 2.08. The summed E-state index contributed by atoms with van der Waals surface area (Å²) in [7, 11) is 0. The van der Waals surface area contributed by atoms with Crippen molar-refractivity contribution in [3.05, 3.63) is 96.1 Å². The maximum absolute atomic E-state index is 11.9. The van der Waals surface area contributed by atoms with Gasteiger partial charge in [-0.15, -0.1) is 0 Å². The first kappa shape index (κ1) is 24.5. The van der Waals surface area contributed by atoms with E-state index in [1.165, 1.54) is 0 Å². The Balaban J connectivity index is 1.35. The topological polar surface area (TPSA) is 84.8 Å². The van der Waals surface area contributed by atoms with E-state index >= 15 is 0 Å². The molecular formula is C26H31N3O4. The summed E-state index contributed by atoms with van der Waals surface area (Å²) >= 11 is 0. The molecule has 1 unspecified atom stereocenters. The maximum atomic E-state index is 11.9. The Labute approximate surface area is 195 Å². The maximum Gasteiger partial charge on any atom is 0.306 e. The highest BCUT2D eigenvalue weighted by atomic mass is 16.5. The summed E-state index contributed by atoms with van der Waals surface area (Å²) in [6.45, 7) is 2.48. The van der Waals surface area contributed by atoms with Gasteiger partial charge >= 0.3 is 5.97 Å². The van der Waals surface area contributed by atoms with Crippen molar-refractivity contribution >= 4 is 5.97 Å². The van der Waals surface area contributed by atoms with Crippen LogP contribution in [0.3, 0.4) is 0 Å². The van der Waals surface area contributed by atoms with Crippen molar-refractivity contribution in [1.29, 1.82) is 0 Å². The van der Waals surface area contributed by atoms with Crippen LogP contribution in [0.5, 0.6) is 0 Å². The van der Waals surface area contributed by atoms with E-state index in [-0.39, 0.29) is 25.6 Å². The van der Waals surface area contributed by atoms with E-state index in [2.05, 4.69) is 14.9 Å². The van der Waals surface area contributed by atoms with Gasteiger partial charge in [0.1, 0.15) is 6.61 Å². The van der Waals surface area contributed by atoms with E-state index in [1.54, 1.807) is 12.4 Å². The molecule has 3 aromatic rings. The minimum absolute atomic E-state index is 0.194. The third kappa shape index (κ3) is 9.91. The molecule has 3 rings (SSSR count). The lowest BCUT2D eigenvalue weighted by atomic mass is 10.2. The molecule has 174 valence electrons. The van der Waals surface area contributed by atoms with Crippen LogP contribution in [0.15, 0.2) is 79.1 Å². The number of carbonyl (C=O) groups excluding carboxylic acids is 1.